The molecule has 0 radical (unpaired) electrons. The predicted molar refractivity (Wildman–Crippen MR) is 90.0 cm³/mol. The van der Waals surface area contributed by atoms with Gasteiger partial charge in [-0.3, -0.25) is 0 Å². The SMILES string of the molecule is COc1ccc(-c2[nH]c3c(F)cccc3c2CCCCN)cn1. The molecule has 0 atom stereocenters. The van der Waals surface area contributed by atoms with E-state index in [4.69, 9.17) is 10.5 Å². The number of nitrogens with one attached hydrogen (secondary N) is 1. The Kier molecular flexibility index (Phi) is 4.57. The molecule has 2 aromatic heterocycles. The van der Waals surface area contributed by atoms with Crippen LogP contribution in [0.2, 0.25) is 0 Å². The van der Waals surface area contributed by atoms with Gasteiger partial charge in [0.2, 0.25) is 5.88 Å². The first-order valence-electron chi connectivity index (χ1n) is 7.74. The molecule has 120 valence electrons. The second-order valence-corrected chi connectivity index (χ2v) is 5.48. The van der Waals surface area contributed by atoms with Crippen molar-refractivity contribution >= 4 is 10.9 Å². The highest BCUT2D eigenvalue weighted by molar-refractivity contribution is 5.91. The molecule has 3 aromatic rings. The maximum Gasteiger partial charge on any atom is 0.212 e. The van der Waals surface area contributed by atoms with E-state index in [9.17, 15) is 4.39 Å². The van der Waals surface area contributed by atoms with Gasteiger partial charge >= 0.3 is 0 Å². The summed E-state index contributed by atoms with van der Waals surface area (Å²) in [5, 5.41) is 0.924. The molecule has 0 saturated heterocycles. The smallest absolute Gasteiger partial charge is 0.212 e. The van der Waals surface area contributed by atoms with Crippen LogP contribution in [0.1, 0.15) is 18.4 Å². The number of H-pyrrole nitrogens is 1. The van der Waals surface area contributed by atoms with Crippen LogP contribution >= 0.6 is 0 Å². The number of aryl methyl sites for hydroxylation is 1. The minimum Gasteiger partial charge on any atom is -0.481 e. The lowest BCUT2D eigenvalue weighted by Gasteiger charge is -2.06. The van der Waals surface area contributed by atoms with Gasteiger partial charge < -0.3 is 15.5 Å². The molecule has 4 nitrogen and oxygen atoms in total. The molecule has 5 heteroatoms. The van der Waals surface area contributed by atoms with Gasteiger partial charge in [0.25, 0.3) is 0 Å². The molecular formula is C18H20FN3O. The summed E-state index contributed by atoms with van der Waals surface area (Å²) in [5.41, 5.74) is 9.08. The molecule has 0 fully saturated rings. The van der Waals surface area contributed by atoms with Crippen molar-refractivity contribution in [2.45, 2.75) is 19.3 Å². The van der Waals surface area contributed by atoms with Gasteiger partial charge in [-0.25, -0.2) is 9.37 Å². The number of aromatic amines is 1. The van der Waals surface area contributed by atoms with Crippen LogP contribution in [0.3, 0.4) is 0 Å². The Morgan fingerprint density at radius 1 is 1.22 bits per heavy atom. The first kappa shape index (κ1) is 15.5. The van der Waals surface area contributed by atoms with Crippen molar-refractivity contribution in [2.75, 3.05) is 13.7 Å². The maximum atomic E-state index is 14.1. The normalized spacial score (nSPS) is 11.1. The number of rotatable bonds is 6. The minimum atomic E-state index is -0.240. The largest absolute Gasteiger partial charge is 0.481 e. The summed E-state index contributed by atoms with van der Waals surface area (Å²) in [7, 11) is 1.58. The van der Waals surface area contributed by atoms with Crippen LogP contribution in [0.25, 0.3) is 22.2 Å². The number of halogens is 1. The molecule has 0 saturated carbocycles. The molecule has 0 unspecified atom stereocenters. The van der Waals surface area contributed by atoms with Crippen LogP contribution in [-0.4, -0.2) is 23.6 Å². The molecule has 0 aliphatic heterocycles. The molecule has 0 bridgehead atoms. The van der Waals surface area contributed by atoms with Crippen molar-refractivity contribution in [3.63, 3.8) is 0 Å². The summed E-state index contributed by atoms with van der Waals surface area (Å²) >= 11 is 0. The van der Waals surface area contributed by atoms with Crippen molar-refractivity contribution < 1.29 is 9.13 Å². The molecule has 23 heavy (non-hydrogen) atoms. The number of hydrogen-bond donors (Lipinski definition) is 2. The van der Waals surface area contributed by atoms with Crippen molar-refractivity contribution in [3.8, 4) is 17.1 Å². The zero-order valence-corrected chi connectivity index (χ0v) is 13.1. The van der Waals surface area contributed by atoms with E-state index in [1.807, 2.05) is 12.1 Å². The van der Waals surface area contributed by atoms with E-state index < -0.39 is 0 Å². The number of fused-ring (bicyclic) bond motifs is 1. The molecule has 0 amide bonds. The Labute approximate surface area is 134 Å². The van der Waals surface area contributed by atoms with Gasteiger partial charge in [0.1, 0.15) is 5.82 Å². The zero-order valence-electron chi connectivity index (χ0n) is 13.1. The molecule has 0 aliphatic carbocycles. The molecule has 3 rings (SSSR count). The second kappa shape index (κ2) is 6.79. The lowest BCUT2D eigenvalue weighted by Crippen LogP contribution is -1.99. The van der Waals surface area contributed by atoms with E-state index in [0.29, 0.717) is 17.9 Å². The highest BCUT2D eigenvalue weighted by Crippen LogP contribution is 2.32. The molecule has 1 aromatic carbocycles. The number of nitrogens with zero attached hydrogens (tertiary/aromatic N) is 1. The quantitative estimate of drug-likeness (QED) is 0.683. The highest BCUT2D eigenvalue weighted by atomic mass is 19.1. The van der Waals surface area contributed by atoms with Crippen LogP contribution in [0.4, 0.5) is 4.39 Å². The molecule has 3 N–H and O–H groups in total. The van der Waals surface area contributed by atoms with Crippen molar-refractivity contribution in [1.82, 2.24) is 9.97 Å². The van der Waals surface area contributed by atoms with Gasteiger partial charge in [-0.05, 0) is 43.5 Å². The highest BCUT2D eigenvalue weighted by Gasteiger charge is 2.15. The van der Waals surface area contributed by atoms with Gasteiger partial charge in [-0.2, -0.15) is 0 Å². The standard InChI is InChI=1S/C18H20FN3O/c1-23-16-9-8-12(11-21-16)17-13(5-2-3-10-20)14-6-4-7-15(19)18(14)22-17/h4,6-9,11,22H,2-3,5,10,20H2,1H3. The minimum absolute atomic E-state index is 0.240. The van der Waals surface area contributed by atoms with E-state index in [2.05, 4.69) is 9.97 Å². The fraction of sp³-hybridized carbons (Fsp3) is 0.278. The van der Waals surface area contributed by atoms with Crippen LogP contribution in [0.5, 0.6) is 5.88 Å². The first-order chi connectivity index (χ1) is 11.2. The maximum absolute atomic E-state index is 14.1. The number of aromatic nitrogens is 2. The van der Waals surface area contributed by atoms with Gasteiger partial charge in [-0.15, -0.1) is 0 Å². The third-order valence-electron chi connectivity index (χ3n) is 4.01. The van der Waals surface area contributed by atoms with Crippen LogP contribution < -0.4 is 10.5 Å². The summed E-state index contributed by atoms with van der Waals surface area (Å²) in [6.07, 6.45) is 4.51. The first-order valence-corrected chi connectivity index (χ1v) is 7.74. The van der Waals surface area contributed by atoms with Gasteiger partial charge in [0, 0.05) is 23.2 Å². The third-order valence-corrected chi connectivity index (χ3v) is 4.01. The monoisotopic (exact) mass is 313 g/mol. The Hall–Kier alpha value is -2.40. The summed E-state index contributed by atoms with van der Waals surface area (Å²) in [6.45, 7) is 0.663. The number of benzene rings is 1. The summed E-state index contributed by atoms with van der Waals surface area (Å²) in [6, 6.07) is 8.90. The molecular weight excluding hydrogens is 293 g/mol. The number of para-hydroxylation sites is 1. The Balaban J connectivity index is 2.09. The fourth-order valence-corrected chi connectivity index (χ4v) is 2.84. The Morgan fingerprint density at radius 3 is 2.78 bits per heavy atom. The van der Waals surface area contributed by atoms with Gasteiger partial charge in [0.15, 0.2) is 0 Å². The van der Waals surface area contributed by atoms with Gasteiger partial charge in [0.05, 0.1) is 18.3 Å². The zero-order chi connectivity index (χ0) is 16.2. The molecule has 2 heterocycles. The lowest BCUT2D eigenvalue weighted by atomic mass is 10.0. The second-order valence-electron chi connectivity index (χ2n) is 5.48. The van der Waals surface area contributed by atoms with Gasteiger partial charge in [-0.1, -0.05) is 12.1 Å². The van der Waals surface area contributed by atoms with Crippen molar-refractivity contribution in [3.05, 3.63) is 47.9 Å². The van der Waals surface area contributed by atoms with E-state index >= 15 is 0 Å². The lowest BCUT2D eigenvalue weighted by molar-refractivity contribution is 0.398. The summed E-state index contributed by atoms with van der Waals surface area (Å²) in [5.74, 6) is 0.316. The number of nitrogens with two attached hydrogens (primary N) is 1. The number of ether oxygens (including phenoxy) is 1. The number of methoxy groups -OCH3 is 1. The fourth-order valence-electron chi connectivity index (χ4n) is 2.84. The van der Waals surface area contributed by atoms with Crippen LogP contribution in [0.15, 0.2) is 36.5 Å². The van der Waals surface area contributed by atoms with E-state index in [-0.39, 0.29) is 5.82 Å². The van der Waals surface area contributed by atoms with E-state index in [1.165, 1.54) is 6.07 Å². The summed E-state index contributed by atoms with van der Waals surface area (Å²) < 4.78 is 19.2. The molecule has 0 aliphatic rings. The average molecular weight is 313 g/mol. The van der Waals surface area contributed by atoms with Crippen molar-refractivity contribution in [1.29, 1.82) is 0 Å². The number of pyridine rings is 1. The van der Waals surface area contributed by atoms with E-state index in [0.717, 1.165) is 41.5 Å². The van der Waals surface area contributed by atoms with Crippen LogP contribution in [-0.2, 0) is 6.42 Å². The Bertz CT molecular complexity index is 796. The van der Waals surface area contributed by atoms with Crippen LogP contribution in [0, 0.1) is 5.82 Å². The van der Waals surface area contributed by atoms with Crippen molar-refractivity contribution in [2.24, 2.45) is 5.73 Å². The predicted octanol–water partition coefficient (Wildman–Crippen LogP) is 3.66. The van der Waals surface area contributed by atoms with E-state index in [1.54, 1.807) is 25.4 Å². The number of unbranched alkanes of at least 4 members (excludes halogenated alkanes) is 1. The molecule has 0 spiro atoms. The third kappa shape index (κ3) is 3.05. The topological polar surface area (TPSA) is 63.9 Å². The summed E-state index contributed by atoms with van der Waals surface area (Å²) in [4.78, 5) is 7.47. The average Bonchev–Trinajstić information content (AvgIpc) is 2.95. The Morgan fingerprint density at radius 2 is 2.09 bits per heavy atom. The number of hydrogen-bond acceptors (Lipinski definition) is 3.